The van der Waals surface area contributed by atoms with Crippen molar-refractivity contribution in [3.8, 4) is 0 Å². The molecule has 26 heavy (non-hydrogen) atoms. The summed E-state index contributed by atoms with van der Waals surface area (Å²) in [5.41, 5.74) is 4.13. The highest BCUT2D eigenvalue weighted by atomic mass is 16.2. The number of fused-ring (bicyclic) bond motifs is 5. The maximum absolute atomic E-state index is 13.4. The van der Waals surface area contributed by atoms with Gasteiger partial charge in [-0.2, -0.15) is 0 Å². The third-order valence-corrected chi connectivity index (χ3v) is 6.91. The molecule has 1 heterocycles. The van der Waals surface area contributed by atoms with Crippen LogP contribution in [0.3, 0.4) is 0 Å². The van der Waals surface area contributed by atoms with Gasteiger partial charge in [0.05, 0.1) is 17.5 Å². The van der Waals surface area contributed by atoms with E-state index >= 15 is 0 Å². The molecule has 2 amide bonds. The predicted molar refractivity (Wildman–Crippen MR) is 101 cm³/mol. The van der Waals surface area contributed by atoms with Crippen LogP contribution >= 0.6 is 0 Å². The van der Waals surface area contributed by atoms with Crippen molar-refractivity contribution in [2.45, 2.75) is 32.6 Å². The van der Waals surface area contributed by atoms with Gasteiger partial charge < -0.3 is 0 Å². The van der Waals surface area contributed by atoms with Crippen LogP contribution in [0.25, 0.3) is 0 Å². The van der Waals surface area contributed by atoms with E-state index in [1.54, 1.807) is 0 Å². The number of nitrogens with zero attached hydrogens (tertiary/aromatic N) is 1. The molecule has 2 aromatic carbocycles. The second-order valence-corrected chi connectivity index (χ2v) is 8.22. The molecular weight excluding hydrogens is 322 g/mol. The highest BCUT2D eigenvalue weighted by Gasteiger charge is 2.64. The van der Waals surface area contributed by atoms with Gasteiger partial charge in [-0.25, -0.2) is 4.90 Å². The molecule has 3 heteroatoms. The van der Waals surface area contributed by atoms with Gasteiger partial charge >= 0.3 is 0 Å². The fourth-order valence-electron chi connectivity index (χ4n) is 5.92. The Morgan fingerprint density at radius 3 is 2.15 bits per heavy atom. The maximum Gasteiger partial charge on any atom is 0.238 e. The van der Waals surface area contributed by atoms with Crippen LogP contribution < -0.4 is 4.90 Å². The number of aryl methyl sites for hydroxylation is 2. The molecule has 2 aromatic rings. The number of hydrogen-bond donors (Lipinski definition) is 0. The second-order valence-electron chi connectivity index (χ2n) is 8.22. The van der Waals surface area contributed by atoms with Crippen molar-refractivity contribution >= 4 is 17.5 Å². The van der Waals surface area contributed by atoms with E-state index in [0.717, 1.165) is 29.7 Å². The number of amides is 2. The Balaban J connectivity index is 1.53. The monoisotopic (exact) mass is 345 g/mol. The number of imide groups is 1. The molecule has 132 valence electrons. The van der Waals surface area contributed by atoms with Crippen LogP contribution in [0.15, 0.2) is 48.5 Å². The molecule has 0 N–H and O–H groups in total. The van der Waals surface area contributed by atoms with Crippen LogP contribution in [0, 0.1) is 37.5 Å². The number of anilines is 1. The summed E-state index contributed by atoms with van der Waals surface area (Å²) in [6.07, 6.45) is 2.06. The van der Waals surface area contributed by atoms with E-state index < -0.39 is 0 Å². The lowest BCUT2D eigenvalue weighted by Gasteiger charge is -2.28. The summed E-state index contributed by atoms with van der Waals surface area (Å²) < 4.78 is 0. The number of hydrogen-bond acceptors (Lipinski definition) is 2. The van der Waals surface area contributed by atoms with Crippen molar-refractivity contribution in [2.24, 2.45) is 23.7 Å². The Bertz CT molecular complexity index is 883. The van der Waals surface area contributed by atoms with Crippen LogP contribution in [-0.4, -0.2) is 11.8 Å². The standard InChI is InChI=1S/C23H23NO2/c1-13-7-6-8-14(2)21(13)24-22(25)19-16-11-17(15-9-4-3-5-10-15)18(12-16)20(19)23(24)26/h3-10,16-20H,11-12H2,1-2H3/t16-,17+,18+,19+,20-/m0/s1. The van der Waals surface area contributed by atoms with Gasteiger partial charge in [-0.05, 0) is 61.1 Å². The molecule has 2 aliphatic carbocycles. The summed E-state index contributed by atoms with van der Waals surface area (Å²) in [5.74, 6) is 0.898. The summed E-state index contributed by atoms with van der Waals surface area (Å²) in [6, 6.07) is 16.5. The molecule has 3 aliphatic rings. The minimum absolute atomic E-state index is 0.0329. The molecule has 1 aliphatic heterocycles. The van der Waals surface area contributed by atoms with Crippen molar-refractivity contribution in [3.63, 3.8) is 0 Å². The highest BCUT2D eigenvalue weighted by Crippen LogP contribution is 2.62. The number of para-hydroxylation sites is 1. The van der Waals surface area contributed by atoms with E-state index in [1.807, 2.05) is 38.1 Å². The molecule has 3 fully saturated rings. The zero-order chi connectivity index (χ0) is 18.0. The largest absolute Gasteiger partial charge is 0.274 e. The lowest BCUT2D eigenvalue weighted by molar-refractivity contribution is -0.123. The lowest BCUT2D eigenvalue weighted by Crippen LogP contribution is -2.34. The smallest absolute Gasteiger partial charge is 0.238 e. The summed E-state index contributed by atoms with van der Waals surface area (Å²) in [4.78, 5) is 28.1. The summed E-state index contributed by atoms with van der Waals surface area (Å²) >= 11 is 0. The predicted octanol–water partition coefficient (Wildman–Crippen LogP) is 4.23. The Hall–Kier alpha value is -2.42. The first kappa shape index (κ1) is 15.8. The Kier molecular flexibility index (Phi) is 3.37. The summed E-state index contributed by atoms with van der Waals surface area (Å²) in [5, 5.41) is 0. The average Bonchev–Trinajstić information content (AvgIpc) is 3.29. The SMILES string of the molecule is Cc1cccc(C)c1N1C(=O)[C@@H]2[C@@H]3C[C@@H]([C@@H]2C1=O)[C@@H](c1ccccc1)C3. The third-order valence-electron chi connectivity index (χ3n) is 6.91. The summed E-state index contributed by atoms with van der Waals surface area (Å²) in [6.45, 7) is 3.97. The van der Waals surface area contributed by atoms with Crippen molar-refractivity contribution in [1.82, 2.24) is 0 Å². The molecular formula is C23H23NO2. The zero-order valence-electron chi connectivity index (χ0n) is 15.2. The van der Waals surface area contributed by atoms with Crippen LogP contribution in [0.2, 0.25) is 0 Å². The highest BCUT2D eigenvalue weighted by molar-refractivity contribution is 6.23. The Morgan fingerprint density at radius 2 is 1.46 bits per heavy atom. The Morgan fingerprint density at radius 1 is 0.808 bits per heavy atom. The first-order chi connectivity index (χ1) is 12.6. The van der Waals surface area contributed by atoms with Gasteiger partial charge in [-0.1, -0.05) is 48.5 Å². The van der Waals surface area contributed by atoms with E-state index in [1.165, 1.54) is 10.5 Å². The molecule has 2 saturated carbocycles. The first-order valence-electron chi connectivity index (χ1n) is 9.57. The zero-order valence-corrected chi connectivity index (χ0v) is 15.2. The average molecular weight is 345 g/mol. The molecule has 0 spiro atoms. The number of carbonyl (C=O) groups is 2. The fourth-order valence-corrected chi connectivity index (χ4v) is 5.92. The number of rotatable bonds is 2. The van der Waals surface area contributed by atoms with Gasteiger partial charge in [0.1, 0.15) is 0 Å². The fraction of sp³-hybridized carbons (Fsp3) is 0.391. The van der Waals surface area contributed by atoms with Crippen LogP contribution in [0.4, 0.5) is 5.69 Å². The quantitative estimate of drug-likeness (QED) is 0.764. The van der Waals surface area contributed by atoms with E-state index in [-0.39, 0.29) is 23.7 Å². The van der Waals surface area contributed by atoms with Gasteiger partial charge in [0.2, 0.25) is 11.8 Å². The topological polar surface area (TPSA) is 37.4 Å². The molecule has 1 saturated heterocycles. The lowest BCUT2D eigenvalue weighted by atomic mass is 9.73. The minimum atomic E-state index is -0.134. The van der Waals surface area contributed by atoms with Gasteiger partial charge in [-0.3, -0.25) is 9.59 Å². The van der Waals surface area contributed by atoms with Gasteiger partial charge in [0, 0.05) is 0 Å². The van der Waals surface area contributed by atoms with Gasteiger partial charge in [0.25, 0.3) is 0 Å². The van der Waals surface area contributed by atoms with E-state index in [2.05, 4.69) is 24.3 Å². The second kappa shape index (κ2) is 5.54. The molecule has 3 nitrogen and oxygen atoms in total. The number of carbonyl (C=O) groups excluding carboxylic acids is 2. The molecule has 0 aromatic heterocycles. The van der Waals surface area contributed by atoms with E-state index in [4.69, 9.17) is 0 Å². The Labute approximate surface area is 154 Å². The number of benzene rings is 2. The van der Waals surface area contributed by atoms with Gasteiger partial charge in [0.15, 0.2) is 0 Å². The normalized spacial score (nSPS) is 32.4. The van der Waals surface area contributed by atoms with Crippen LogP contribution in [-0.2, 0) is 9.59 Å². The molecule has 2 bridgehead atoms. The van der Waals surface area contributed by atoms with Crippen molar-refractivity contribution in [3.05, 3.63) is 65.2 Å². The molecule has 5 rings (SSSR count). The molecule has 0 radical (unpaired) electrons. The third kappa shape index (κ3) is 2.00. The van der Waals surface area contributed by atoms with E-state index in [0.29, 0.717) is 17.8 Å². The maximum atomic E-state index is 13.4. The minimum Gasteiger partial charge on any atom is -0.274 e. The van der Waals surface area contributed by atoms with E-state index in [9.17, 15) is 9.59 Å². The van der Waals surface area contributed by atoms with Crippen molar-refractivity contribution in [1.29, 1.82) is 0 Å². The van der Waals surface area contributed by atoms with Gasteiger partial charge in [-0.15, -0.1) is 0 Å². The first-order valence-corrected chi connectivity index (χ1v) is 9.57. The van der Waals surface area contributed by atoms with Crippen molar-refractivity contribution in [2.75, 3.05) is 4.90 Å². The molecule has 0 unspecified atom stereocenters. The summed E-state index contributed by atoms with van der Waals surface area (Å²) in [7, 11) is 0. The molecule has 5 atom stereocenters. The van der Waals surface area contributed by atoms with Crippen molar-refractivity contribution < 1.29 is 9.59 Å². The van der Waals surface area contributed by atoms with Crippen LogP contribution in [0.1, 0.15) is 35.4 Å². The van der Waals surface area contributed by atoms with Crippen LogP contribution in [0.5, 0.6) is 0 Å².